The van der Waals surface area contributed by atoms with Crippen molar-refractivity contribution in [3.63, 3.8) is 0 Å². The second-order valence-electron chi connectivity index (χ2n) is 7.28. The van der Waals surface area contributed by atoms with Crippen molar-refractivity contribution in [3.05, 3.63) is 105 Å². The van der Waals surface area contributed by atoms with Crippen molar-refractivity contribution in [1.82, 2.24) is 0 Å². The van der Waals surface area contributed by atoms with Crippen LogP contribution in [0.25, 0.3) is 5.57 Å². The minimum Gasteiger partial charge on any atom is -0.268 e. The standard InChI is InChI=1S/C25H20ClNO2S/c1-16-12-17(2)14-21(13-16)27-24(28)22(19-8-10-20(26)11-9-19)23(25(27)29)30-15-18-6-4-3-5-7-18/h3-14H,15H2,1-2H3. The largest absolute Gasteiger partial charge is 0.272 e. The molecule has 30 heavy (non-hydrogen) atoms. The maximum Gasteiger partial charge on any atom is 0.272 e. The molecule has 0 aliphatic carbocycles. The van der Waals surface area contributed by atoms with Gasteiger partial charge in [0.05, 0.1) is 16.2 Å². The molecule has 1 heterocycles. The normalized spacial score (nSPS) is 14.0. The molecule has 2 amide bonds. The van der Waals surface area contributed by atoms with Gasteiger partial charge < -0.3 is 0 Å². The van der Waals surface area contributed by atoms with E-state index in [1.807, 2.05) is 62.4 Å². The smallest absolute Gasteiger partial charge is 0.268 e. The molecule has 0 saturated carbocycles. The van der Waals surface area contributed by atoms with Crippen molar-refractivity contribution >= 4 is 46.4 Å². The summed E-state index contributed by atoms with van der Waals surface area (Å²) in [5.41, 5.74) is 4.82. The fourth-order valence-corrected chi connectivity index (χ4v) is 4.75. The molecule has 1 aliphatic heterocycles. The summed E-state index contributed by atoms with van der Waals surface area (Å²) in [6.45, 7) is 3.92. The zero-order valence-corrected chi connectivity index (χ0v) is 18.3. The molecule has 3 aromatic carbocycles. The molecule has 0 atom stereocenters. The van der Waals surface area contributed by atoms with Crippen molar-refractivity contribution < 1.29 is 9.59 Å². The first-order chi connectivity index (χ1) is 14.4. The number of hydrogen-bond donors (Lipinski definition) is 0. The lowest BCUT2D eigenvalue weighted by Gasteiger charge is -2.16. The van der Waals surface area contributed by atoms with Crippen LogP contribution >= 0.6 is 23.4 Å². The van der Waals surface area contributed by atoms with E-state index in [0.717, 1.165) is 16.7 Å². The van der Waals surface area contributed by atoms with Crippen molar-refractivity contribution in [2.75, 3.05) is 4.90 Å². The van der Waals surface area contributed by atoms with Crippen molar-refractivity contribution in [2.45, 2.75) is 19.6 Å². The molecule has 0 N–H and O–H groups in total. The maximum atomic E-state index is 13.4. The quantitative estimate of drug-likeness (QED) is 0.451. The predicted octanol–water partition coefficient (Wildman–Crippen LogP) is 6.17. The Kier molecular flexibility index (Phi) is 5.80. The summed E-state index contributed by atoms with van der Waals surface area (Å²) in [7, 11) is 0. The molecular formula is C25H20ClNO2S. The number of anilines is 1. The lowest BCUT2D eigenvalue weighted by atomic mass is 10.1. The molecule has 0 spiro atoms. The molecule has 150 valence electrons. The van der Waals surface area contributed by atoms with Gasteiger partial charge in [-0.1, -0.05) is 60.1 Å². The third-order valence-electron chi connectivity index (χ3n) is 4.86. The number of carbonyl (C=O) groups excluding carboxylic acids is 2. The van der Waals surface area contributed by atoms with Crippen molar-refractivity contribution in [1.29, 1.82) is 0 Å². The number of hydrogen-bond acceptors (Lipinski definition) is 3. The monoisotopic (exact) mass is 433 g/mol. The minimum atomic E-state index is -0.303. The Hall–Kier alpha value is -2.82. The van der Waals surface area contributed by atoms with Crippen LogP contribution in [0.1, 0.15) is 22.3 Å². The van der Waals surface area contributed by atoms with E-state index in [2.05, 4.69) is 0 Å². The van der Waals surface area contributed by atoms with Gasteiger partial charge in [0.25, 0.3) is 11.8 Å². The Morgan fingerprint density at radius 1 is 0.833 bits per heavy atom. The van der Waals surface area contributed by atoms with Gasteiger partial charge in [-0.3, -0.25) is 9.59 Å². The average Bonchev–Trinajstić information content (AvgIpc) is 2.96. The topological polar surface area (TPSA) is 37.4 Å². The lowest BCUT2D eigenvalue weighted by molar-refractivity contribution is -0.119. The molecule has 3 nitrogen and oxygen atoms in total. The van der Waals surface area contributed by atoms with Crippen LogP contribution in [0.3, 0.4) is 0 Å². The van der Waals surface area contributed by atoms with Crippen LogP contribution < -0.4 is 4.90 Å². The maximum absolute atomic E-state index is 13.4. The highest BCUT2D eigenvalue weighted by Crippen LogP contribution is 2.40. The highest BCUT2D eigenvalue weighted by molar-refractivity contribution is 8.03. The van der Waals surface area contributed by atoms with Crippen LogP contribution in [0.15, 0.2) is 77.7 Å². The first-order valence-electron chi connectivity index (χ1n) is 9.58. The summed E-state index contributed by atoms with van der Waals surface area (Å²) < 4.78 is 0. The Balaban J connectivity index is 1.76. The number of benzene rings is 3. The number of rotatable bonds is 5. The molecule has 0 aromatic heterocycles. The Labute approximate surface area is 185 Å². The zero-order chi connectivity index (χ0) is 21.3. The van der Waals surface area contributed by atoms with E-state index in [9.17, 15) is 9.59 Å². The highest BCUT2D eigenvalue weighted by Gasteiger charge is 2.40. The van der Waals surface area contributed by atoms with Gasteiger partial charge in [-0.15, -0.1) is 11.8 Å². The van der Waals surface area contributed by atoms with E-state index < -0.39 is 0 Å². The summed E-state index contributed by atoms with van der Waals surface area (Å²) in [6.07, 6.45) is 0. The Morgan fingerprint density at radius 3 is 2.10 bits per heavy atom. The summed E-state index contributed by atoms with van der Waals surface area (Å²) in [4.78, 5) is 28.6. The van der Waals surface area contributed by atoms with Gasteiger partial charge in [-0.25, -0.2) is 4.90 Å². The first-order valence-corrected chi connectivity index (χ1v) is 10.9. The average molecular weight is 434 g/mol. The van der Waals surface area contributed by atoms with Crippen molar-refractivity contribution in [2.24, 2.45) is 0 Å². The molecule has 0 radical (unpaired) electrons. The minimum absolute atomic E-state index is 0.282. The van der Waals surface area contributed by atoms with E-state index in [1.165, 1.54) is 16.7 Å². The van der Waals surface area contributed by atoms with E-state index in [4.69, 9.17) is 11.6 Å². The summed E-state index contributed by atoms with van der Waals surface area (Å²) in [6, 6.07) is 22.7. The molecule has 0 fully saturated rings. The molecule has 1 aliphatic rings. The van der Waals surface area contributed by atoms with E-state index in [-0.39, 0.29) is 11.8 Å². The van der Waals surface area contributed by atoms with Gasteiger partial charge in [0.2, 0.25) is 0 Å². The summed E-state index contributed by atoms with van der Waals surface area (Å²) in [5.74, 6) is 0.0197. The van der Waals surface area contributed by atoms with Gasteiger partial charge in [0.1, 0.15) is 0 Å². The van der Waals surface area contributed by atoms with Gasteiger partial charge in [-0.2, -0.15) is 0 Å². The Morgan fingerprint density at radius 2 is 1.47 bits per heavy atom. The van der Waals surface area contributed by atoms with E-state index in [0.29, 0.717) is 32.5 Å². The second-order valence-corrected chi connectivity index (χ2v) is 8.70. The summed E-state index contributed by atoms with van der Waals surface area (Å²) in [5, 5.41) is 0.584. The third-order valence-corrected chi connectivity index (χ3v) is 6.26. The van der Waals surface area contributed by atoms with Crippen LogP contribution in [0, 0.1) is 13.8 Å². The number of amides is 2. The van der Waals surface area contributed by atoms with Crippen molar-refractivity contribution in [3.8, 4) is 0 Å². The molecule has 3 aromatic rings. The Bertz CT molecular complexity index is 1130. The molecule has 0 bridgehead atoms. The van der Waals surface area contributed by atoms with Crippen LogP contribution in [0.2, 0.25) is 5.02 Å². The number of thioether (sulfide) groups is 1. The fourth-order valence-electron chi connectivity index (χ4n) is 3.56. The number of carbonyl (C=O) groups is 2. The highest BCUT2D eigenvalue weighted by atomic mass is 35.5. The zero-order valence-electron chi connectivity index (χ0n) is 16.7. The van der Waals surface area contributed by atoms with E-state index >= 15 is 0 Å². The van der Waals surface area contributed by atoms with Crippen LogP contribution in [0.5, 0.6) is 0 Å². The van der Waals surface area contributed by atoms with Gasteiger partial charge in [0.15, 0.2) is 0 Å². The number of imide groups is 1. The second kappa shape index (κ2) is 8.50. The number of aryl methyl sites for hydroxylation is 2. The molecule has 4 rings (SSSR count). The van der Waals surface area contributed by atoms with Gasteiger partial charge in [-0.05, 0) is 60.4 Å². The molecular weight excluding hydrogens is 414 g/mol. The molecule has 0 unspecified atom stereocenters. The third kappa shape index (κ3) is 4.07. The summed E-state index contributed by atoms with van der Waals surface area (Å²) >= 11 is 7.43. The van der Waals surface area contributed by atoms with E-state index in [1.54, 1.807) is 24.3 Å². The SMILES string of the molecule is Cc1cc(C)cc(N2C(=O)C(SCc3ccccc3)=C(c3ccc(Cl)cc3)C2=O)c1. The predicted molar refractivity (Wildman–Crippen MR) is 125 cm³/mol. The van der Waals surface area contributed by atoms with Gasteiger partial charge in [0, 0.05) is 10.8 Å². The van der Waals surface area contributed by atoms with Crippen LogP contribution in [0.4, 0.5) is 5.69 Å². The van der Waals surface area contributed by atoms with Gasteiger partial charge >= 0.3 is 0 Å². The lowest BCUT2D eigenvalue weighted by Crippen LogP contribution is -2.31. The fraction of sp³-hybridized carbons (Fsp3) is 0.120. The molecule has 5 heteroatoms. The molecule has 0 saturated heterocycles. The van der Waals surface area contributed by atoms with Crippen LogP contribution in [-0.4, -0.2) is 11.8 Å². The number of halogens is 1. The first kappa shape index (κ1) is 20.5. The number of nitrogens with zero attached hydrogens (tertiary/aromatic N) is 1. The van der Waals surface area contributed by atoms with Crippen LogP contribution in [-0.2, 0) is 15.3 Å².